The minimum absolute atomic E-state index is 0.0328. The minimum Gasteiger partial charge on any atom is -0.467 e. The van der Waals surface area contributed by atoms with Gasteiger partial charge < -0.3 is 15.1 Å². The lowest BCUT2D eigenvalue weighted by molar-refractivity contribution is -0.138. The molecule has 1 fully saturated rings. The van der Waals surface area contributed by atoms with E-state index in [4.69, 9.17) is 10.2 Å². The number of hydrogen-bond donors (Lipinski definition) is 1. The number of hydrogen-bond acceptors (Lipinski definition) is 3. The molecule has 0 bridgehead atoms. The van der Waals surface area contributed by atoms with Crippen molar-refractivity contribution in [3.63, 3.8) is 0 Å². The van der Waals surface area contributed by atoms with Crippen LogP contribution in [0.15, 0.2) is 22.8 Å². The Balaban J connectivity index is 2.01. The molecule has 1 aromatic rings. The predicted octanol–water partition coefficient (Wildman–Crippen LogP) is 2.15. The van der Waals surface area contributed by atoms with E-state index in [0.717, 1.165) is 25.0 Å². The molecule has 4 heteroatoms. The molecule has 0 aromatic carbocycles. The summed E-state index contributed by atoms with van der Waals surface area (Å²) >= 11 is 0. The summed E-state index contributed by atoms with van der Waals surface area (Å²) in [6, 6.07) is 3.70. The van der Waals surface area contributed by atoms with E-state index in [1.165, 1.54) is 6.42 Å². The normalized spacial score (nSPS) is 28.1. The van der Waals surface area contributed by atoms with Crippen LogP contribution in [0.25, 0.3) is 0 Å². The molecule has 1 aliphatic rings. The second kappa shape index (κ2) is 5.14. The molecule has 0 aliphatic heterocycles. The molecule has 0 radical (unpaired) electrons. The number of amides is 1. The Bertz CT molecular complexity index is 402. The highest BCUT2D eigenvalue weighted by atomic mass is 16.3. The van der Waals surface area contributed by atoms with Gasteiger partial charge in [0.05, 0.1) is 18.3 Å². The third kappa shape index (κ3) is 2.75. The lowest BCUT2D eigenvalue weighted by Crippen LogP contribution is -2.56. The first-order valence-electron chi connectivity index (χ1n) is 6.58. The second-order valence-corrected chi connectivity index (χ2v) is 5.60. The van der Waals surface area contributed by atoms with Crippen LogP contribution in [0.4, 0.5) is 0 Å². The van der Waals surface area contributed by atoms with E-state index < -0.39 is 5.54 Å². The molecule has 18 heavy (non-hydrogen) atoms. The number of carbonyl (C=O) groups excluding carboxylic acids is 1. The molecular weight excluding hydrogens is 228 g/mol. The maximum absolute atomic E-state index is 12.5. The Morgan fingerprint density at radius 1 is 1.67 bits per heavy atom. The Hall–Kier alpha value is -1.29. The molecule has 1 aliphatic carbocycles. The fourth-order valence-electron chi connectivity index (χ4n) is 2.87. The standard InChI is InChI=1S/C14H22N2O2/c1-11-5-3-7-14(15,9-11)13(17)16(2)10-12-6-4-8-18-12/h4,6,8,11H,3,5,7,9-10,15H2,1-2H3. The van der Waals surface area contributed by atoms with Gasteiger partial charge in [-0.15, -0.1) is 0 Å². The molecule has 1 aromatic heterocycles. The van der Waals surface area contributed by atoms with Crippen LogP contribution >= 0.6 is 0 Å². The third-order valence-corrected chi connectivity index (χ3v) is 3.78. The van der Waals surface area contributed by atoms with E-state index in [1.54, 1.807) is 18.2 Å². The SMILES string of the molecule is CC1CCCC(N)(C(=O)N(C)Cc2ccco2)C1. The number of rotatable bonds is 3. The maximum Gasteiger partial charge on any atom is 0.242 e. The van der Waals surface area contributed by atoms with Crippen molar-refractivity contribution in [2.24, 2.45) is 11.7 Å². The van der Waals surface area contributed by atoms with Crippen molar-refractivity contribution in [1.82, 2.24) is 4.90 Å². The second-order valence-electron chi connectivity index (χ2n) is 5.60. The zero-order chi connectivity index (χ0) is 13.2. The summed E-state index contributed by atoms with van der Waals surface area (Å²) in [5, 5.41) is 0. The number of furan rings is 1. The van der Waals surface area contributed by atoms with Crippen molar-refractivity contribution in [2.75, 3.05) is 7.05 Å². The summed E-state index contributed by atoms with van der Waals surface area (Å²) in [5.41, 5.74) is 5.62. The van der Waals surface area contributed by atoms with Gasteiger partial charge >= 0.3 is 0 Å². The summed E-state index contributed by atoms with van der Waals surface area (Å²) in [4.78, 5) is 14.1. The van der Waals surface area contributed by atoms with Gasteiger partial charge in [-0.25, -0.2) is 0 Å². The number of carbonyl (C=O) groups is 1. The van der Waals surface area contributed by atoms with Crippen LogP contribution in [0.3, 0.4) is 0 Å². The third-order valence-electron chi connectivity index (χ3n) is 3.78. The van der Waals surface area contributed by atoms with Crippen molar-refractivity contribution in [3.8, 4) is 0 Å². The first kappa shape index (κ1) is 13.1. The van der Waals surface area contributed by atoms with Crippen LogP contribution in [-0.4, -0.2) is 23.4 Å². The van der Waals surface area contributed by atoms with Gasteiger partial charge in [-0.3, -0.25) is 4.79 Å². The molecule has 100 valence electrons. The summed E-state index contributed by atoms with van der Waals surface area (Å²) in [5.74, 6) is 1.36. The van der Waals surface area contributed by atoms with Gasteiger partial charge in [0, 0.05) is 7.05 Å². The van der Waals surface area contributed by atoms with E-state index in [-0.39, 0.29) is 5.91 Å². The largest absolute Gasteiger partial charge is 0.467 e. The molecule has 1 heterocycles. The molecule has 4 nitrogen and oxygen atoms in total. The summed E-state index contributed by atoms with van der Waals surface area (Å²) < 4.78 is 5.26. The van der Waals surface area contributed by atoms with Gasteiger partial charge in [0.25, 0.3) is 0 Å². The molecule has 1 saturated carbocycles. The van der Waals surface area contributed by atoms with Crippen molar-refractivity contribution in [2.45, 2.75) is 44.7 Å². The summed E-state index contributed by atoms with van der Waals surface area (Å²) in [6.45, 7) is 2.65. The molecule has 2 N–H and O–H groups in total. The van der Waals surface area contributed by atoms with Crippen molar-refractivity contribution < 1.29 is 9.21 Å². The Labute approximate surface area is 108 Å². The lowest BCUT2D eigenvalue weighted by Gasteiger charge is -2.37. The molecule has 2 atom stereocenters. The Morgan fingerprint density at radius 3 is 3.06 bits per heavy atom. The average Bonchev–Trinajstić information content (AvgIpc) is 2.80. The van der Waals surface area contributed by atoms with E-state index in [9.17, 15) is 4.79 Å². The van der Waals surface area contributed by atoms with Gasteiger partial charge in [-0.2, -0.15) is 0 Å². The number of nitrogens with zero attached hydrogens (tertiary/aromatic N) is 1. The lowest BCUT2D eigenvalue weighted by atomic mass is 9.76. The fraction of sp³-hybridized carbons (Fsp3) is 0.643. The van der Waals surface area contributed by atoms with Gasteiger partial charge in [-0.05, 0) is 30.9 Å². The van der Waals surface area contributed by atoms with Crippen LogP contribution in [0.2, 0.25) is 0 Å². The van der Waals surface area contributed by atoms with Crippen molar-refractivity contribution in [3.05, 3.63) is 24.2 Å². The summed E-state index contributed by atoms with van der Waals surface area (Å²) in [7, 11) is 1.79. The number of likely N-dealkylation sites (N-methyl/N-ethyl adjacent to an activating group) is 1. The van der Waals surface area contributed by atoms with Crippen LogP contribution in [0.5, 0.6) is 0 Å². The molecular formula is C14H22N2O2. The van der Waals surface area contributed by atoms with Gasteiger partial charge in [-0.1, -0.05) is 19.8 Å². The molecule has 2 rings (SSSR count). The quantitative estimate of drug-likeness (QED) is 0.894. The van der Waals surface area contributed by atoms with Crippen LogP contribution in [0, 0.1) is 5.92 Å². The van der Waals surface area contributed by atoms with Crippen molar-refractivity contribution in [1.29, 1.82) is 0 Å². The zero-order valence-corrected chi connectivity index (χ0v) is 11.2. The van der Waals surface area contributed by atoms with Gasteiger partial charge in [0.1, 0.15) is 5.76 Å². The molecule has 0 saturated heterocycles. The van der Waals surface area contributed by atoms with Crippen LogP contribution in [-0.2, 0) is 11.3 Å². The van der Waals surface area contributed by atoms with E-state index >= 15 is 0 Å². The average molecular weight is 250 g/mol. The van der Waals surface area contributed by atoms with Crippen LogP contribution in [0.1, 0.15) is 38.4 Å². The van der Waals surface area contributed by atoms with Crippen molar-refractivity contribution >= 4 is 5.91 Å². The zero-order valence-electron chi connectivity index (χ0n) is 11.2. The van der Waals surface area contributed by atoms with Gasteiger partial charge in [0.2, 0.25) is 5.91 Å². The first-order chi connectivity index (χ1) is 8.51. The Morgan fingerprint density at radius 2 is 2.44 bits per heavy atom. The minimum atomic E-state index is -0.682. The Kier molecular flexibility index (Phi) is 3.76. The highest BCUT2D eigenvalue weighted by molar-refractivity contribution is 5.86. The highest BCUT2D eigenvalue weighted by Gasteiger charge is 2.39. The van der Waals surface area contributed by atoms with E-state index in [0.29, 0.717) is 12.5 Å². The first-order valence-corrected chi connectivity index (χ1v) is 6.58. The highest BCUT2D eigenvalue weighted by Crippen LogP contribution is 2.31. The van der Waals surface area contributed by atoms with E-state index in [1.807, 2.05) is 12.1 Å². The van der Waals surface area contributed by atoms with E-state index in [2.05, 4.69) is 6.92 Å². The molecule has 1 amide bonds. The monoisotopic (exact) mass is 250 g/mol. The smallest absolute Gasteiger partial charge is 0.242 e. The fourth-order valence-corrected chi connectivity index (χ4v) is 2.87. The molecule has 2 unspecified atom stereocenters. The number of nitrogens with two attached hydrogens (primary N) is 1. The van der Waals surface area contributed by atoms with Gasteiger partial charge in [0.15, 0.2) is 0 Å². The summed E-state index contributed by atoms with van der Waals surface area (Å²) in [6.07, 6.45) is 5.41. The predicted molar refractivity (Wildman–Crippen MR) is 69.7 cm³/mol. The topological polar surface area (TPSA) is 59.5 Å². The maximum atomic E-state index is 12.5. The molecule has 0 spiro atoms. The van der Waals surface area contributed by atoms with Crippen LogP contribution < -0.4 is 5.73 Å².